The first-order valence-corrected chi connectivity index (χ1v) is 29.0. The number of carbonyl (C=O) groups excluding carboxylic acids is 5. The summed E-state index contributed by atoms with van der Waals surface area (Å²) in [5, 5.41) is 5.24. The van der Waals surface area contributed by atoms with Gasteiger partial charge in [0.15, 0.2) is 23.9 Å². The number of carbonyl (C=O) groups is 5. The number of ether oxygens (including phenoxy) is 4. The van der Waals surface area contributed by atoms with E-state index < -0.39 is 83.1 Å². The smallest absolute Gasteiger partial charge is 0.407 e. The number of nitrogens with one attached hydrogen (secondary N) is 2. The Balaban J connectivity index is 2.24. The molecule has 0 spiro atoms. The summed E-state index contributed by atoms with van der Waals surface area (Å²) in [6.45, 7) is 21.6. The van der Waals surface area contributed by atoms with E-state index in [1.165, 1.54) is 19.1 Å². The number of hydrogen-bond donors (Lipinski definition) is 2. The molecule has 15 nitrogen and oxygen atoms in total. The third kappa shape index (κ3) is 17.8. The number of esters is 1. The van der Waals surface area contributed by atoms with Gasteiger partial charge in [-0.1, -0.05) is 85.8 Å². The summed E-state index contributed by atoms with van der Waals surface area (Å²) < 4.78 is 57.4. The van der Waals surface area contributed by atoms with Gasteiger partial charge in [-0.15, -0.1) is 0 Å². The molecule has 0 unspecified atom stereocenters. The summed E-state index contributed by atoms with van der Waals surface area (Å²) in [5.74, 6) is -4.11. The molecule has 382 valence electrons. The molecule has 4 bridgehead atoms. The first kappa shape index (κ1) is 57.8. The zero-order chi connectivity index (χ0) is 51.0. The first-order valence-electron chi connectivity index (χ1n) is 24.3. The van der Waals surface area contributed by atoms with Gasteiger partial charge in [0.25, 0.3) is 0 Å². The van der Waals surface area contributed by atoms with Crippen LogP contribution in [0.4, 0.5) is 4.79 Å². The predicted molar refractivity (Wildman–Crippen MR) is 268 cm³/mol. The average molecular weight is 988 g/mol. The summed E-state index contributed by atoms with van der Waals surface area (Å²) in [5.41, 5.74) is 1.35. The number of benzene rings is 2. The summed E-state index contributed by atoms with van der Waals surface area (Å²) in [7, 11) is -3.52. The Hall–Kier alpha value is -4.48. The zero-order valence-corrected chi connectivity index (χ0v) is 45.0. The van der Waals surface area contributed by atoms with Crippen molar-refractivity contribution in [2.45, 2.75) is 156 Å². The molecule has 1 aliphatic heterocycles. The fraction of sp³-hybridized carbons (Fsp3) is 0.667. The van der Waals surface area contributed by atoms with Crippen molar-refractivity contribution in [3.8, 4) is 22.6 Å². The average Bonchev–Trinajstić information content (AvgIpc) is 3.25. The standard InChI is InChI=1S/C51H81N3O12SSi/c1-14-16-17-18-19-20-28-67(60,61)34-38(33-65-68(12,13)51(7,8)9)47(57)54(10)45-37-22-24-44(63-26-15-2)40(32-37)39-30-36(21-23-43(39)64-27-25-52-49(59)66-50(4,5)6)31-41(48(58)62-11)53-46(56)35(3)29-42(45)55/h21-24,30,32,35,38,41,45H,14-20,25-29,31,33-34H2,1-13H3,(H,52,59)(H,53,56)/t35-,38-,41+,45+/m1/s1. The molecule has 0 saturated carbocycles. The van der Waals surface area contributed by atoms with Gasteiger partial charge in [0.1, 0.15) is 35.8 Å². The van der Waals surface area contributed by atoms with Crippen LogP contribution in [0.5, 0.6) is 11.5 Å². The molecule has 1 aliphatic rings. The van der Waals surface area contributed by atoms with Crippen molar-refractivity contribution in [2.24, 2.45) is 11.8 Å². The van der Waals surface area contributed by atoms with Crippen LogP contribution in [0.25, 0.3) is 11.1 Å². The molecule has 1 heterocycles. The van der Waals surface area contributed by atoms with Crippen LogP contribution in [0.1, 0.15) is 131 Å². The Morgan fingerprint density at radius 1 is 0.868 bits per heavy atom. The minimum Gasteiger partial charge on any atom is -0.493 e. The number of fused-ring (bicyclic) bond motifs is 5. The molecule has 3 amide bonds. The fourth-order valence-corrected chi connectivity index (χ4v) is 10.3. The number of methoxy groups -OCH3 is 1. The molecule has 2 N–H and O–H groups in total. The lowest BCUT2D eigenvalue weighted by Gasteiger charge is -2.38. The van der Waals surface area contributed by atoms with Gasteiger partial charge < -0.3 is 38.9 Å². The van der Waals surface area contributed by atoms with E-state index in [2.05, 4.69) is 38.3 Å². The van der Waals surface area contributed by atoms with E-state index in [-0.39, 0.29) is 43.4 Å². The first-order chi connectivity index (χ1) is 31.7. The van der Waals surface area contributed by atoms with Crippen LogP contribution in [-0.2, 0) is 49.3 Å². The van der Waals surface area contributed by atoms with Gasteiger partial charge in [-0.05, 0) is 87.1 Å². The molecule has 68 heavy (non-hydrogen) atoms. The van der Waals surface area contributed by atoms with Crippen molar-refractivity contribution in [1.29, 1.82) is 0 Å². The number of likely N-dealkylation sites (N-methyl/N-ethyl adjacent to an activating group) is 1. The normalized spacial score (nSPS) is 17.6. The zero-order valence-electron chi connectivity index (χ0n) is 43.1. The maximum atomic E-state index is 15.1. The molecule has 2 aromatic rings. The van der Waals surface area contributed by atoms with E-state index in [9.17, 15) is 27.6 Å². The van der Waals surface area contributed by atoms with Crippen molar-refractivity contribution in [2.75, 3.05) is 52.0 Å². The Kier molecular flexibility index (Phi) is 22.1. The third-order valence-electron chi connectivity index (χ3n) is 12.4. The topological polar surface area (TPSA) is 193 Å². The van der Waals surface area contributed by atoms with Gasteiger partial charge in [0, 0.05) is 43.5 Å². The largest absolute Gasteiger partial charge is 0.493 e. The summed E-state index contributed by atoms with van der Waals surface area (Å²) in [6.07, 6.45) is 5.16. The maximum absolute atomic E-state index is 15.1. The summed E-state index contributed by atoms with van der Waals surface area (Å²) in [6, 6.07) is 8.06. The van der Waals surface area contributed by atoms with Crippen LogP contribution in [0, 0.1) is 11.8 Å². The highest BCUT2D eigenvalue weighted by Gasteiger charge is 2.41. The second kappa shape index (κ2) is 25.9. The number of Topliss-reactive ketones (excluding diaryl/α,β-unsaturated/α-hetero) is 1. The van der Waals surface area contributed by atoms with E-state index in [0.717, 1.165) is 32.1 Å². The van der Waals surface area contributed by atoms with Gasteiger partial charge in [-0.3, -0.25) is 14.4 Å². The van der Waals surface area contributed by atoms with Crippen LogP contribution in [-0.4, -0.2) is 115 Å². The number of hydrogen-bond acceptors (Lipinski definition) is 12. The summed E-state index contributed by atoms with van der Waals surface area (Å²) in [4.78, 5) is 70.7. The molecule has 2 aromatic carbocycles. The fourth-order valence-electron chi connectivity index (χ4n) is 7.58. The van der Waals surface area contributed by atoms with Crippen molar-refractivity contribution in [3.63, 3.8) is 0 Å². The quantitative estimate of drug-likeness (QED) is 0.0648. The predicted octanol–water partition coefficient (Wildman–Crippen LogP) is 8.77. The minimum absolute atomic E-state index is 0.0353. The van der Waals surface area contributed by atoms with Crippen molar-refractivity contribution in [1.82, 2.24) is 15.5 Å². The number of unbranched alkanes of at least 4 members (excludes halogenated alkanes) is 5. The second-order valence-corrected chi connectivity index (χ2v) is 27.6. The van der Waals surface area contributed by atoms with Gasteiger partial charge in [-0.25, -0.2) is 18.0 Å². The highest BCUT2D eigenvalue weighted by Crippen LogP contribution is 2.41. The molecule has 4 atom stereocenters. The molecule has 0 fully saturated rings. The van der Waals surface area contributed by atoms with Crippen LogP contribution < -0.4 is 20.1 Å². The minimum atomic E-state index is -3.74. The Labute approximate surface area is 407 Å². The van der Waals surface area contributed by atoms with E-state index in [0.29, 0.717) is 53.2 Å². The molecule has 0 radical (unpaired) electrons. The molecule has 0 saturated heterocycles. The highest BCUT2D eigenvalue weighted by atomic mass is 32.2. The summed E-state index contributed by atoms with van der Waals surface area (Å²) >= 11 is 0. The maximum Gasteiger partial charge on any atom is 0.407 e. The number of sulfone groups is 1. The van der Waals surface area contributed by atoms with Crippen LogP contribution in [0.15, 0.2) is 36.4 Å². The number of nitrogens with zero attached hydrogens (tertiary/aromatic N) is 1. The molecular weight excluding hydrogens is 907 g/mol. The van der Waals surface area contributed by atoms with Crippen molar-refractivity contribution < 1.29 is 55.8 Å². The van der Waals surface area contributed by atoms with Crippen LogP contribution in [0.3, 0.4) is 0 Å². The third-order valence-corrected chi connectivity index (χ3v) is 18.8. The molecular formula is C51H81N3O12SSi. The lowest BCUT2D eigenvalue weighted by Crippen LogP contribution is -2.48. The lowest BCUT2D eigenvalue weighted by atomic mass is 9.89. The Morgan fingerprint density at radius 3 is 2.10 bits per heavy atom. The van der Waals surface area contributed by atoms with E-state index >= 15 is 4.79 Å². The second-order valence-electron chi connectivity index (χ2n) is 20.6. The van der Waals surface area contributed by atoms with Crippen molar-refractivity contribution in [3.05, 3.63) is 47.5 Å². The van der Waals surface area contributed by atoms with E-state index in [1.54, 1.807) is 64.1 Å². The van der Waals surface area contributed by atoms with E-state index in [4.69, 9.17) is 23.4 Å². The Bertz CT molecular complexity index is 2130. The number of alkyl carbamates (subject to hydrolysis) is 1. The van der Waals surface area contributed by atoms with Gasteiger partial charge >= 0.3 is 12.1 Å². The van der Waals surface area contributed by atoms with Crippen LogP contribution >= 0.6 is 0 Å². The van der Waals surface area contributed by atoms with Gasteiger partial charge in [0.2, 0.25) is 11.8 Å². The molecule has 3 rings (SSSR count). The van der Waals surface area contributed by atoms with Gasteiger partial charge in [-0.2, -0.15) is 0 Å². The van der Waals surface area contributed by atoms with E-state index in [1.807, 2.05) is 20.0 Å². The lowest BCUT2D eigenvalue weighted by molar-refractivity contribution is -0.146. The molecule has 17 heteroatoms. The van der Waals surface area contributed by atoms with Crippen LogP contribution in [0.2, 0.25) is 18.1 Å². The Morgan fingerprint density at radius 2 is 1.49 bits per heavy atom. The highest BCUT2D eigenvalue weighted by molar-refractivity contribution is 7.91. The molecule has 0 aromatic heterocycles. The van der Waals surface area contributed by atoms with Gasteiger partial charge in [0.05, 0.1) is 37.7 Å². The van der Waals surface area contributed by atoms with Crippen molar-refractivity contribution >= 4 is 47.8 Å². The monoisotopic (exact) mass is 988 g/mol. The number of rotatable bonds is 22. The number of ketones is 1. The SMILES string of the molecule is CCCCCCCCS(=O)(=O)C[C@@H](CO[Si](C)(C)C(C)(C)C)C(=O)N(C)[C@@H]1C(=O)C[C@@H](C)C(=O)N[C@H](C(=O)OC)Cc2ccc(OCCNC(=O)OC(C)(C)C)c(c2)-c2cc1ccc2OCCC. The number of amides is 3. The molecule has 0 aliphatic carbocycles.